The van der Waals surface area contributed by atoms with Crippen molar-refractivity contribution in [2.24, 2.45) is 4.99 Å². The van der Waals surface area contributed by atoms with Crippen LogP contribution in [0.25, 0.3) is 0 Å². The summed E-state index contributed by atoms with van der Waals surface area (Å²) in [4.78, 5) is 19.6. The van der Waals surface area contributed by atoms with Gasteiger partial charge in [0.25, 0.3) is 5.91 Å². The number of aliphatic imine (C=N–C) groups is 1. The van der Waals surface area contributed by atoms with Gasteiger partial charge in [-0.2, -0.15) is 0 Å². The molecule has 2 N–H and O–H groups in total. The predicted molar refractivity (Wildman–Crippen MR) is 140 cm³/mol. The van der Waals surface area contributed by atoms with Gasteiger partial charge in [0.2, 0.25) is 0 Å². The molecule has 0 unspecified atom stereocenters. The molecule has 2 aliphatic heterocycles. The third kappa shape index (κ3) is 6.29. The SMILES string of the molecule is O=C(NCCCN(Cc1ccco1)C1CCCC1)c1ccc(NC2=N[C@H]3CS(=O)(=O)C[C@H]3S2)cc1. The van der Waals surface area contributed by atoms with E-state index in [1.165, 1.54) is 37.4 Å². The van der Waals surface area contributed by atoms with Gasteiger partial charge < -0.3 is 15.1 Å². The summed E-state index contributed by atoms with van der Waals surface area (Å²) in [5, 5.41) is 7.04. The number of carbonyl (C=O) groups excluding carboxylic acids is 1. The second-order valence-corrected chi connectivity index (χ2v) is 12.9. The Morgan fingerprint density at radius 1 is 1.14 bits per heavy atom. The van der Waals surface area contributed by atoms with E-state index in [0.29, 0.717) is 18.2 Å². The van der Waals surface area contributed by atoms with Crippen LogP contribution < -0.4 is 10.6 Å². The third-order valence-electron chi connectivity index (χ3n) is 6.90. The van der Waals surface area contributed by atoms with Crippen molar-refractivity contribution in [3.8, 4) is 0 Å². The normalized spacial score (nSPS) is 23.4. The highest BCUT2D eigenvalue weighted by atomic mass is 32.2. The van der Waals surface area contributed by atoms with Crippen LogP contribution in [0.4, 0.5) is 5.69 Å². The number of sulfone groups is 1. The molecule has 8 nitrogen and oxygen atoms in total. The molecular formula is C25H32N4O4S2. The Hall–Kier alpha value is -2.30. The molecule has 3 heterocycles. The van der Waals surface area contributed by atoms with Crippen LogP contribution in [0.15, 0.2) is 52.1 Å². The summed E-state index contributed by atoms with van der Waals surface area (Å²) in [6.45, 7) is 2.37. The van der Waals surface area contributed by atoms with Gasteiger partial charge in [0.05, 0.1) is 30.4 Å². The molecule has 0 spiro atoms. The first-order valence-corrected chi connectivity index (χ1v) is 15.0. The number of rotatable bonds is 9. The molecule has 10 heteroatoms. The molecule has 0 radical (unpaired) electrons. The van der Waals surface area contributed by atoms with Crippen molar-refractivity contribution in [1.82, 2.24) is 10.2 Å². The van der Waals surface area contributed by atoms with Crippen molar-refractivity contribution < 1.29 is 17.6 Å². The predicted octanol–water partition coefficient (Wildman–Crippen LogP) is 3.52. The Morgan fingerprint density at radius 3 is 2.66 bits per heavy atom. The molecule has 188 valence electrons. The van der Waals surface area contributed by atoms with E-state index < -0.39 is 9.84 Å². The molecule has 1 saturated carbocycles. The molecule has 1 aromatic carbocycles. The monoisotopic (exact) mass is 516 g/mol. The Labute approximate surface area is 210 Å². The van der Waals surface area contributed by atoms with E-state index in [1.807, 2.05) is 24.3 Å². The molecular weight excluding hydrogens is 484 g/mol. The van der Waals surface area contributed by atoms with Gasteiger partial charge in [-0.15, -0.1) is 0 Å². The van der Waals surface area contributed by atoms with Crippen LogP contribution in [-0.2, 0) is 16.4 Å². The summed E-state index contributed by atoms with van der Waals surface area (Å²) in [5.41, 5.74) is 1.45. The number of nitrogens with zero attached hydrogens (tertiary/aromatic N) is 2. The number of furan rings is 1. The maximum absolute atomic E-state index is 12.6. The number of amidine groups is 1. The van der Waals surface area contributed by atoms with Gasteiger partial charge >= 0.3 is 0 Å². The Morgan fingerprint density at radius 2 is 1.94 bits per heavy atom. The fourth-order valence-corrected chi connectivity index (χ4v) is 8.77. The second kappa shape index (κ2) is 10.8. The number of hydrogen-bond donors (Lipinski definition) is 2. The number of carbonyl (C=O) groups is 1. The molecule has 2 aromatic rings. The fourth-order valence-electron chi connectivity index (χ4n) is 5.09. The van der Waals surface area contributed by atoms with Crippen LogP contribution in [0.2, 0.25) is 0 Å². The zero-order chi connectivity index (χ0) is 24.3. The summed E-state index contributed by atoms with van der Waals surface area (Å²) in [7, 11) is -2.96. The first-order valence-electron chi connectivity index (χ1n) is 12.3. The van der Waals surface area contributed by atoms with E-state index in [4.69, 9.17) is 4.42 Å². The minimum Gasteiger partial charge on any atom is -0.468 e. The van der Waals surface area contributed by atoms with E-state index in [1.54, 1.807) is 18.4 Å². The molecule has 1 aliphatic carbocycles. The maximum atomic E-state index is 12.6. The Balaban J connectivity index is 1.07. The van der Waals surface area contributed by atoms with Crippen molar-refractivity contribution in [2.45, 2.75) is 56.0 Å². The van der Waals surface area contributed by atoms with Crippen LogP contribution in [0.1, 0.15) is 48.2 Å². The number of fused-ring (bicyclic) bond motifs is 1. The minimum atomic E-state index is -2.96. The lowest BCUT2D eigenvalue weighted by atomic mass is 10.1. The quantitative estimate of drug-likeness (QED) is 0.492. The van der Waals surface area contributed by atoms with Crippen LogP contribution >= 0.6 is 11.8 Å². The maximum Gasteiger partial charge on any atom is 0.251 e. The van der Waals surface area contributed by atoms with Crippen LogP contribution in [0, 0.1) is 0 Å². The highest BCUT2D eigenvalue weighted by molar-refractivity contribution is 8.15. The minimum absolute atomic E-state index is 0.0104. The van der Waals surface area contributed by atoms with Gasteiger partial charge in [-0.1, -0.05) is 24.6 Å². The van der Waals surface area contributed by atoms with E-state index in [-0.39, 0.29) is 28.7 Å². The summed E-state index contributed by atoms with van der Waals surface area (Å²) in [6.07, 6.45) is 7.66. The largest absolute Gasteiger partial charge is 0.468 e. The van der Waals surface area contributed by atoms with Gasteiger partial charge in [-0.3, -0.25) is 14.7 Å². The second-order valence-electron chi connectivity index (χ2n) is 9.53. The van der Waals surface area contributed by atoms with E-state index in [9.17, 15) is 13.2 Å². The highest BCUT2D eigenvalue weighted by Crippen LogP contribution is 2.34. The van der Waals surface area contributed by atoms with Gasteiger partial charge in [0, 0.05) is 35.6 Å². The Kier molecular flexibility index (Phi) is 7.50. The van der Waals surface area contributed by atoms with Gasteiger partial charge in [-0.05, 0) is 55.7 Å². The van der Waals surface area contributed by atoms with Crippen LogP contribution in [0.5, 0.6) is 0 Å². The van der Waals surface area contributed by atoms with Crippen LogP contribution in [0.3, 0.4) is 0 Å². The van der Waals surface area contributed by atoms with Crippen molar-refractivity contribution in [1.29, 1.82) is 0 Å². The van der Waals surface area contributed by atoms with Gasteiger partial charge in [0.15, 0.2) is 15.0 Å². The molecule has 3 aliphatic rings. The lowest BCUT2D eigenvalue weighted by molar-refractivity contribution is 0.0949. The molecule has 1 amide bonds. The zero-order valence-corrected chi connectivity index (χ0v) is 21.3. The zero-order valence-electron chi connectivity index (χ0n) is 19.7. The topological polar surface area (TPSA) is 104 Å². The summed E-state index contributed by atoms with van der Waals surface area (Å²) < 4.78 is 29.0. The first-order chi connectivity index (χ1) is 16.9. The summed E-state index contributed by atoms with van der Waals surface area (Å²) in [5.74, 6) is 1.24. The van der Waals surface area contributed by atoms with Crippen molar-refractivity contribution in [2.75, 3.05) is 29.9 Å². The third-order valence-corrected chi connectivity index (χ3v) is 10.0. The smallest absolute Gasteiger partial charge is 0.251 e. The summed E-state index contributed by atoms with van der Waals surface area (Å²) in [6, 6.07) is 11.7. The average Bonchev–Trinajstić information content (AvgIpc) is 3.61. The molecule has 5 rings (SSSR count). The van der Waals surface area contributed by atoms with Crippen molar-refractivity contribution in [3.63, 3.8) is 0 Å². The number of hydrogen-bond acceptors (Lipinski definition) is 8. The lowest BCUT2D eigenvalue weighted by Crippen LogP contribution is -2.35. The molecule has 2 fully saturated rings. The summed E-state index contributed by atoms with van der Waals surface area (Å²) >= 11 is 1.49. The van der Waals surface area contributed by atoms with Gasteiger partial charge in [-0.25, -0.2) is 8.42 Å². The Bertz CT molecular complexity index is 1140. The standard InChI is InChI=1S/C25H32N4O4S2/c30-24(26-12-4-13-29(20-5-1-2-6-20)15-21-7-3-14-33-21)18-8-10-19(11-9-18)27-25-28-22-16-35(31,32)17-23(22)34-25/h3,7-11,14,20,22-23H,1-2,4-6,12-13,15-17H2,(H,26,30)(H,27,28)/t22-,23+/m0/s1. The number of thioether (sulfide) groups is 1. The molecule has 0 bridgehead atoms. The highest BCUT2D eigenvalue weighted by Gasteiger charge is 2.42. The lowest BCUT2D eigenvalue weighted by Gasteiger charge is -2.28. The van der Waals surface area contributed by atoms with Crippen molar-refractivity contribution >= 4 is 38.4 Å². The average molecular weight is 517 g/mol. The number of amides is 1. The molecule has 35 heavy (non-hydrogen) atoms. The van der Waals surface area contributed by atoms with E-state index >= 15 is 0 Å². The van der Waals surface area contributed by atoms with E-state index in [0.717, 1.165) is 36.1 Å². The van der Waals surface area contributed by atoms with Crippen LogP contribution in [-0.4, -0.2) is 66.3 Å². The number of benzene rings is 1. The molecule has 1 aromatic heterocycles. The molecule has 2 atom stereocenters. The number of anilines is 1. The van der Waals surface area contributed by atoms with E-state index in [2.05, 4.69) is 20.5 Å². The molecule has 1 saturated heterocycles. The van der Waals surface area contributed by atoms with Crippen molar-refractivity contribution in [3.05, 3.63) is 54.0 Å². The first kappa shape index (κ1) is 24.4. The van der Waals surface area contributed by atoms with Gasteiger partial charge in [0.1, 0.15) is 5.76 Å². The number of nitrogens with one attached hydrogen (secondary N) is 2. The fraction of sp³-hybridized carbons (Fsp3) is 0.520.